The van der Waals surface area contributed by atoms with Crippen LogP contribution in [-0.4, -0.2) is 66.4 Å². The van der Waals surface area contributed by atoms with Gasteiger partial charge in [-0.3, -0.25) is 0 Å². The average Bonchev–Trinajstić information content (AvgIpc) is 2.76. The zero-order valence-corrected chi connectivity index (χ0v) is 20.3. The van der Waals surface area contributed by atoms with E-state index in [4.69, 9.17) is 38.4 Å². The zero-order valence-electron chi connectivity index (χ0n) is 18.0. The van der Waals surface area contributed by atoms with Crippen molar-refractivity contribution in [3.05, 3.63) is 63.1 Å². The van der Waals surface area contributed by atoms with Crippen molar-refractivity contribution in [3.63, 3.8) is 0 Å². The lowest BCUT2D eigenvalue weighted by molar-refractivity contribution is 0.0530. The summed E-state index contributed by atoms with van der Waals surface area (Å²) < 4.78 is 38.8. The number of hydrogen-bond acceptors (Lipinski definition) is 6. The summed E-state index contributed by atoms with van der Waals surface area (Å²) in [6.07, 6.45) is 0. The highest BCUT2D eigenvalue weighted by molar-refractivity contribution is 7.89. The van der Waals surface area contributed by atoms with Gasteiger partial charge < -0.3 is 20.1 Å². The van der Waals surface area contributed by atoms with Crippen LogP contribution in [0.2, 0.25) is 10.0 Å². The second-order valence-electron chi connectivity index (χ2n) is 7.69. The van der Waals surface area contributed by atoms with Crippen molar-refractivity contribution < 1.29 is 17.9 Å². The molecule has 176 valence electrons. The monoisotopic (exact) mass is 501 g/mol. The van der Waals surface area contributed by atoms with Crippen molar-refractivity contribution in [1.29, 1.82) is 0 Å². The molecular formula is C22H29Cl2N3O4S. The van der Waals surface area contributed by atoms with Crippen LogP contribution in [0.25, 0.3) is 0 Å². The van der Waals surface area contributed by atoms with E-state index in [0.29, 0.717) is 36.4 Å². The van der Waals surface area contributed by atoms with Crippen LogP contribution in [0.3, 0.4) is 0 Å². The number of rotatable bonds is 11. The van der Waals surface area contributed by atoms with Crippen molar-refractivity contribution in [2.45, 2.75) is 17.4 Å². The van der Waals surface area contributed by atoms with Gasteiger partial charge in [-0.15, -0.1) is 0 Å². The van der Waals surface area contributed by atoms with Gasteiger partial charge in [-0.2, -0.15) is 0 Å². The predicted octanol–water partition coefficient (Wildman–Crippen LogP) is 2.84. The van der Waals surface area contributed by atoms with Gasteiger partial charge in [-0.05, 0) is 48.0 Å². The maximum atomic E-state index is 12.8. The quantitative estimate of drug-likeness (QED) is 0.459. The number of ether oxygens (including phenoxy) is 2. The second-order valence-corrected chi connectivity index (χ2v) is 10.3. The van der Waals surface area contributed by atoms with E-state index < -0.39 is 10.0 Å². The van der Waals surface area contributed by atoms with Crippen LogP contribution in [0.4, 0.5) is 0 Å². The summed E-state index contributed by atoms with van der Waals surface area (Å²) in [7, 11) is -1.66. The SMILES string of the molecule is CN1Cc2c(Cl)cc(Cl)cc2C(c2cccc(S(=O)(=O)NCCOCCOCCN)c2)C1. The molecule has 3 rings (SSSR count). The third kappa shape index (κ3) is 6.65. The molecule has 0 saturated heterocycles. The van der Waals surface area contributed by atoms with Crippen LogP contribution in [0.5, 0.6) is 0 Å². The van der Waals surface area contributed by atoms with Gasteiger partial charge in [0.2, 0.25) is 10.0 Å². The van der Waals surface area contributed by atoms with Crippen molar-refractivity contribution in [1.82, 2.24) is 9.62 Å². The standard InChI is InChI=1S/C22H29Cl2N3O4S/c1-27-14-20(19-12-17(23)13-22(24)21(19)15-27)16-3-2-4-18(11-16)32(28,29)26-6-8-31-10-9-30-7-5-25/h2-4,11-13,20,26H,5-10,14-15,25H2,1H3. The molecule has 1 aliphatic heterocycles. The molecule has 0 fully saturated rings. The Bertz CT molecular complexity index is 1020. The lowest BCUT2D eigenvalue weighted by Crippen LogP contribution is -2.31. The third-order valence-electron chi connectivity index (χ3n) is 5.24. The molecule has 1 atom stereocenters. The smallest absolute Gasteiger partial charge is 0.240 e. The van der Waals surface area contributed by atoms with E-state index in [1.807, 2.05) is 19.2 Å². The Kier molecular flexibility index (Phi) is 9.33. The van der Waals surface area contributed by atoms with E-state index in [0.717, 1.165) is 29.8 Å². The molecule has 0 amide bonds. The number of hydrogen-bond donors (Lipinski definition) is 2. The molecule has 2 aromatic carbocycles. The molecule has 7 nitrogen and oxygen atoms in total. The van der Waals surface area contributed by atoms with Crippen LogP contribution in [0, 0.1) is 0 Å². The van der Waals surface area contributed by atoms with Gasteiger partial charge in [-0.1, -0.05) is 35.3 Å². The number of sulfonamides is 1. The average molecular weight is 502 g/mol. The Morgan fingerprint density at radius 1 is 1.12 bits per heavy atom. The minimum Gasteiger partial charge on any atom is -0.378 e. The number of nitrogens with zero attached hydrogens (tertiary/aromatic N) is 1. The first-order valence-corrected chi connectivity index (χ1v) is 12.7. The van der Waals surface area contributed by atoms with Crippen LogP contribution in [-0.2, 0) is 26.0 Å². The summed E-state index contributed by atoms with van der Waals surface area (Å²) in [5.41, 5.74) is 8.29. The number of halogens is 2. The second kappa shape index (κ2) is 11.8. The number of nitrogens with one attached hydrogen (secondary N) is 1. The van der Waals surface area contributed by atoms with Gasteiger partial charge in [0.05, 0.1) is 31.3 Å². The molecule has 10 heteroatoms. The highest BCUT2D eigenvalue weighted by atomic mass is 35.5. The van der Waals surface area contributed by atoms with Crippen molar-refractivity contribution in [3.8, 4) is 0 Å². The lowest BCUT2D eigenvalue weighted by atomic mass is 9.85. The molecule has 0 radical (unpaired) electrons. The fraction of sp³-hybridized carbons (Fsp3) is 0.455. The largest absolute Gasteiger partial charge is 0.378 e. The van der Waals surface area contributed by atoms with Crippen LogP contribution in [0.15, 0.2) is 41.3 Å². The molecular weight excluding hydrogens is 473 g/mol. The van der Waals surface area contributed by atoms with Crippen LogP contribution >= 0.6 is 23.2 Å². The maximum absolute atomic E-state index is 12.8. The first kappa shape index (κ1) is 25.4. The maximum Gasteiger partial charge on any atom is 0.240 e. The zero-order chi connectivity index (χ0) is 23.1. The Balaban J connectivity index is 1.69. The summed E-state index contributed by atoms with van der Waals surface area (Å²) in [5.74, 6) is -0.0352. The minimum atomic E-state index is -3.67. The first-order valence-electron chi connectivity index (χ1n) is 10.4. The minimum absolute atomic E-state index is 0.0352. The van der Waals surface area contributed by atoms with Gasteiger partial charge >= 0.3 is 0 Å². The topological polar surface area (TPSA) is 93.9 Å². The van der Waals surface area contributed by atoms with Gasteiger partial charge in [0.15, 0.2) is 0 Å². The summed E-state index contributed by atoms with van der Waals surface area (Å²) >= 11 is 12.7. The van der Waals surface area contributed by atoms with E-state index in [2.05, 4.69) is 9.62 Å². The number of fused-ring (bicyclic) bond motifs is 1. The molecule has 1 unspecified atom stereocenters. The molecule has 0 aliphatic carbocycles. The third-order valence-corrected chi connectivity index (χ3v) is 7.25. The normalized spacial score (nSPS) is 16.8. The fourth-order valence-corrected chi connectivity index (χ4v) is 5.40. The summed E-state index contributed by atoms with van der Waals surface area (Å²) in [6, 6.07) is 10.7. The van der Waals surface area contributed by atoms with Crippen LogP contribution < -0.4 is 10.5 Å². The fourth-order valence-electron chi connectivity index (χ4n) is 3.77. The molecule has 1 heterocycles. The van der Waals surface area contributed by atoms with E-state index in [1.54, 1.807) is 24.3 Å². The van der Waals surface area contributed by atoms with E-state index in [1.165, 1.54) is 0 Å². The molecule has 0 bridgehead atoms. The molecule has 1 aliphatic rings. The number of benzene rings is 2. The summed E-state index contributed by atoms with van der Waals surface area (Å²) in [5, 5.41) is 1.20. The van der Waals surface area contributed by atoms with Gasteiger partial charge in [0.1, 0.15) is 0 Å². The Morgan fingerprint density at radius 2 is 1.88 bits per heavy atom. The highest BCUT2D eigenvalue weighted by Crippen LogP contribution is 2.38. The van der Waals surface area contributed by atoms with Gasteiger partial charge in [-0.25, -0.2) is 13.1 Å². The molecule has 32 heavy (non-hydrogen) atoms. The first-order chi connectivity index (χ1) is 15.3. The van der Waals surface area contributed by atoms with Crippen molar-refractivity contribution >= 4 is 33.2 Å². The van der Waals surface area contributed by atoms with E-state index in [9.17, 15) is 8.42 Å². The van der Waals surface area contributed by atoms with Crippen molar-refractivity contribution in [2.24, 2.45) is 5.73 Å². The van der Waals surface area contributed by atoms with E-state index >= 15 is 0 Å². The molecule has 2 aromatic rings. The Labute approximate surface area is 199 Å². The van der Waals surface area contributed by atoms with Gasteiger partial charge in [0.25, 0.3) is 0 Å². The van der Waals surface area contributed by atoms with Crippen molar-refractivity contribution in [2.75, 3.05) is 53.1 Å². The van der Waals surface area contributed by atoms with Gasteiger partial charge in [0, 0.05) is 42.1 Å². The lowest BCUT2D eigenvalue weighted by Gasteiger charge is -2.33. The van der Waals surface area contributed by atoms with E-state index in [-0.39, 0.29) is 24.0 Å². The number of likely N-dealkylation sites (N-methyl/N-ethyl adjacent to an activating group) is 1. The molecule has 0 saturated carbocycles. The number of nitrogens with two attached hydrogens (primary N) is 1. The molecule has 0 spiro atoms. The summed E-state index contributed by atoms with van der Waals surface area (Å²) in [6.45, 7) is 3.63. The molecule has 3 N–H and O–H groups in total. The Morgan fingerprint density at radius 3 is 2.62 bits per heavy atom. The predicted molar refractivity (Wildman–Crippen MR) is 127 cm³/mol. The highest BCUT2D eigenvalue weighted by Gasteiger charge is 2.28. The van der Waals surface area contributed by atoms with Crippen LogP contribution in [0.1, 0.15) is 22.6 Å². The summed E-state index contributed by atoms with van der Waals surface area (Å²) in [4.78, 5) is 2.38. The Hall–Kier alpha value is -1.23. The molecule has 0 aromatic heterocycles.